The Bertz CT molecular complexity index is 764. The highest BCUT2D eigenvalue weighted by atomic mass is 16.6. The maximum Gasteiger partial charge on any atom is 0.411 e. The first kappa shape index (κ1) is 19.4. The van der Waals surface area contributed by atoms with Gasteiger partial charge in [0.25, 0.3) is 0 Å². The summed E-state index contributed by atoms with van der Waals surface area (Å²) in [5, 5.41) is 0. The van der Waals surface area contributed by atoms with Crippen LogP contribution in [0.5, 0.6) is 0 Å². The van der Waals surface area contributed by atoms with Crippen molar-refractivity contribution in [3.05, 3.63) is 42.4 Å². The van der Waals surface area contributed by atoms with Crippen LogP contribution >= 0.6 is 0 Å². The topological polar surface area (TPSA) is 67.5 Å². The molecule has 1 amide bonds. The van der Waals surface area contributed by atoms with Crippen LogP contribution in [0.2, 0.25) is 0 Å². The fourth-order valence-electron chi connectivity index (χ4n) is 3.33. The first-order chi connectivity index (χ1) is 12.7. The molecule has 1 N–H and O–H groups in total. The van der Waals surface area contributed by atoms with Crippen LogP contribution in [0.1, 0.15) is 52.9 Å². The second kappa shape index (κ2) is 7.72. The number of benzene rings is 1. The van der Waals surface area contributed by atoms with Crippen LogP contribution in [0.3, 0.4) is 0 Å². The molecule has 0 radical (unpaired) electrons. The van der Waals surface area contributed by atoms with Crippen LogP contribution in [0.4, 0.5) is 4.79 Å². The highest BCUT2D eigenvalue weighted by molar-refractivity contribution is 5.69. The van der Waals surface area contributed by atoms with Gasteiger partial charge in [0, 0.05) is 18.2 Å². The minimum absolute atomic E-state index is 0.0345. The number of nitrogens with zero attached hydrogens (tertiary/aromatic N) is 2. The van der Waals surface area contributed by atoms with Gasteiger partial charge >= 0.3 is 6.09 Å². The third-order valence-corrected chi connectivity index (χ3v) is 4.34. The molecule has 1 aliphatic rings. The van der Waals surface area contributed by atoms with Crippen molar-refractivity contribution in [3.8, 4) is 11.3 Å². The Morgan fingerprint density at radius 3 is 2.59 bits per heavy atom. The molecule has 1 saturated heterocycles. The summed E-state index contributed by atoms with van der Waals surface area (Å²) >= 11 is 0. The molecule has 27 heavy (non-hydrogen) atoms. The van der Waals surface area contributed by atoms with E-state index in [0.29, 0.717) is 13.0 Å². The summed E-state index contributed by atoms with van der Waals surface area (Å²) in [6.45, 7) is 10.1. The van der Waals surface area contributed by atoms with E-state index in [9.17, 15) is 4.79 Å². The van der Waals surface area contributed by atoms with Crippen LogP contribution < -0.4 is 0 Å². The first-order valence-electron chi connectivity index (χ1n) is 9.49. The fraction of sp³-hybridized carbons (Fsp3) is 0.524. The predicted octanol–water partition coefficient (Wildman–Crippen LogP) is 4.55. The second-order valence-corrected chi connectivity index (χ2v) is 8.23. The number of rotatable bonds is 4. The molecule has 6 nitrogen and oxygen atoms in total. The minimum atomic E-state index is -0.545. The van der Waals surface area contributed by atoms with Crippen molar-refractivity contribution < 1.29 is 14.3 Å². The Labute approximate surface area is 160 Å². The molecule has 3 rings (SSSR count). The summed E-state index contributed by atoms with van der Waals surface area (Å²) in [4.78, 5) is 22.5. The molecule has 146 valence electrons. The zero-order valence-corrected chi connectivity index (χ0v) is 16.7. The smallest absolute Gasteiger partial charge is 0.411 e. The van der Waals surface area contributed by atoms with Gasteiger partial charge in [-0.05, 0) is 34.6 Å². The van der Waals surface area contributed by atoms with Gasteiger partial charge in [-0.3, -0.25) is 4.90 Å². The molecular formula is C21H29N3O3. The molecule has 1 aromatic carbocycles. The summed E-state index contributed by atoms with van der Waals surface area (Å²) in [6.07, 6.45) is 2.31. The lowest BCUT2D eigenvalue weighted by atomic mass is 10.1. The number of ether oxygens (including phenoxy) is 2. The number of carbonyl (C=O) groups is 1. The quantitative estimate of drug-likeness (QED) is 0.856. The third-order valence-electron chi connectivity index (χ3n) is 4.34. The number of carbonyl (C=O) groups excluding carboxylic acids is 1. The molecule has 0 saturated carbocycles. The van der Waals surface area contributed by atoms with E-state index in [1.54, 1.807) is 4.90 Å². The van der Waals surface area contributed by atoms with Gasteiger partial charge in [-0.2, -0.15) is 0 Å². The third kappa shape index (κ3) is 4.89. The number of amides is 1. The van der Waals surface area contributed by atoms with Crippen molar-refractivity contribution in [1.29, 1.82) is 0 Å². The van der Waals surface area contributed by atoms with E-state index < -0.39 is 5.60 Å². The van der Waals surface area contributed by atoms with Gasteiger partial charge in [0.15, 0.2) is 0 Å². The van der Waals surface area contributed by atoms with Crippen molar-refractivity contribution in [1.82, 2.24) is 14.9 Å². The SMILES string of the molecule is CC(C)O[C@@H]1C[C@@H](c2nc(-c3ccccc3)c[nH]2)N(C(=O)OC(C)(C)C)C1. The van der Waals surface area contributed by atoms with Crippen LogP contribution in [0, 0.1) is 0 Å². The Kier molecular flexibility index (Phi) is 5.56. The first-order valence-corrected chi connectivity index (χ1v) is 9.49. The number of H-pyrrole nitrogens is 1. The van der Waals surface area contributed by atoms with E-state index in [-0.39, 0.29) is 24.3 Å². The monoisotopic (exact) mass is 371 g/mol. The number of nitrogens with one attached hydrogen (secondary N) is 1. The second-order valence-electron chi connectivity index (χ2n) is 8.23. The average molecular weight is 371 g/mol. The zero-order chi connectivity index (χ0) is 19.6. The maximum atomic E-state index is 12.8. The lowest BCUT2D eigenvalue weighted by molar-refractivity contribution is 0.00328. The number of hydrogen-bond donors (Lipinski definition) is 1. The predicted molar refractivity (Wildman–Crippen MR) is 104 cm³/mol. The van der Waals surface area contributed by atoms with E-state index in [1.807, 2.05) is 71.1 Å². The molecule has 6 heteroatoms. The van der Waals surface area contributed by atoms with Gasteiger partial charge in [-0.15, -0.1) is 0 Å². The van der Waals surface area contributed by atoms with Gasteiger partial charge < -0.3 is 14.5 Å². The van der Waals surface area contributed by atoms with Gasteiger partial charge in [-0.1, -0.05) is 30.3 Å². The van der Waals surface area contributed by atoms with Gasteiger partial charge in [0.1, 0.15) is 11.4 Å². The maximum absolute atomic E-state index is 12.8. The summed E-state index contributed by atoms with van der Waals surface area (Å²) in [5.74, 6) is 0.759. The van der Waals surface area contributed by atoms with E-state index in [2.05, 4.69) is 4.98 Å². The number of imidazole rings is 1. The average Bonchev–Trinajstić information content (AvgIpc) is 3.20. The van der Waals surface area contributed by atoms with Gasteiger partial charge in [-0.25, -0.2) is 9.78 Å². The lowest BCUT2D eigenvalue weighted by Crippen LogP contribution is -2.37. The Morgan fingerprint density at radius 2 is 1.96 bits per heavy atom. The van der Waals surface area contributed by atoms with Crippen molar-refractivity contribution >= 4 is 6.09 Å². The minimum Gasteiger partial charge on any atom is -0.444 e. The Balaban J connectivity index is 1.83. The fourth-order valence-corrected chi connectivity index (χ4v) is 3.33. The van der Waals surface area contributed by atoms with E-state index >= 15 is 0 Å². The Hall–Kier alpha value is -2.34. The van der Waals surface area contributed by atoms with Gasteiger partial charge in [0.2, 0.25) is 0 Å². The van der Waals surface area contributed by atoms with Crippen molar-refractivity contribution in [2.75, 3.05) is 6.54 Å². The van der Waals surface area contributed by atoms with Crippen LogP contribution in [0.25, 0.3) is 11.3 Å². The largest absolute Gasteiger partial charge is 0.444 e. The molecule has 0 unspecified atom stereocenters. The molecule has 0 bridgehead atoms. The number of likely N-dealkylation sites (tertiary alicyclic amines) is 1. The summed E-state index contributed by atoms with van der Waals surface area (Å²) in [5.41, 5.74) is 1.36. The van der Waals surface area contributed by atoms with Crippen LogP contribution in [-0.2, 0) is 9.47 Å². The number of aromatic amines is 1. The van der Waals surface area contributed by atoms with E-state index in [0.717, 1.165) is 17.1 Å². The molecule has 2 aromatic rings. The summed E-state index contributed by atoms with van der Waals surface area (Å²) in [7, 11) is 0. The molecular weight excluding hydrogens is 342 g/mol. The summed E-state index contributed by atoms with van der Waals surface area (Å²) < 4.78 is 11.6. The lowest BCUT2D eigenvalue weighted by Gasteiger charge is -2.27. The summed E-state index contributed by atoms with van der Waals surface area (Å²) in [6, 6.07) is 9.79. The molecule has 1 aliphatic heterocycles. The van der Waals surface area contributed by atoms with Gasteiger partial charge in [0.05, 0.1) is 30.5 Å². The molecule has 1 aromatic heterocycles. The molecule has 0 aliphatic carbocycles. The van der Waals surface area contributed by atoms with Crippen molar-refractivity contribution in [3.63, 3.8) is 0 Å². The van der Waals surface area contributed by atoms with Crippen LogP contribution in [0.15, 0.2) is 36.5 Å². The number of aromatic nitrogens is 2. The molecule has 1 fully saturated rings. The van der Waals surface area contributed by atoms with Crippen molar-refractivity contribution in [2.24, 2.45) is 0 Å². The van der Waals surface area contributed by atoms with E-state index in [4.69, 9.17) is 14.5 Å². The van der Waals surface area contributed by atoms with Crippen molar-refractivity contribution in [2.45, 2.75) is 64.9 Å². The molecule has 2 heterocycles. The normalized spacial score (nSPS) is 20.3. The van der Waals surface area contributed by atoms with E-state index in [1.165, 1.54) is 0 Å². The highest BCUT2D eigenvalue weighted by Crippen LogP contribution is 2.34. The zero-order valence-electron chi connectivity index (χ0n) is 16.7. The Morgan fingerprint density at radius 1 is 1.26 bits per heavy atom. The van der Waals surface area contributed by atoms with Crippen LogP contribution in [-0.4, -0.2) is 45.3 Å². The highest BCUT2D eigenvalue weighted by Gasteiger charge is 2.40. The molecule has 0 spiro atoms. The molecule has 2 atom stereocenters. The number of hydrogen-bond acceptors (Lipinski definition) is 4. The standard InChI is InChI=1S/C21H29N3O3/c1-14(2)26-16-11-18(24(13-16)20(25)27-21(3,4)5)19-22-12-17(23-19)15-9-7-6-8-10-15/h6-10,12,14,16,18H,11,13H2,1-5H3,(H,22,23)/t16-,18+/m1/s1.